The summed E-state index contributed by atoms with van der Waals surface area (Å²) in [7, 11) is 2.62. The summed E-state index contributed by atoms with van der Waals surface area (Å²) in [5.41, 5.74) is 2.41. The van der Waals surface area contributed by atoms with Crippen molar-refractivity contribution in [2.75, 3.05) is 14.2 Å². The minimum atomic E-state index is -1.69. The molecule has 0 spiro atoms. The standard InChI is InChI=1S/C10H9Cl3O3/c1-4-5-9(13)8(14)6(11)7(12)10(9,15-2)16-3/h5H,1H2,2-3H3/t9-/m0/s1. The largest absolute Gasteiger partial charge is 0.347 e. The van der Waals surface area contributed by atoms with Crippen LogP contribution in [0.15, 0.2) is 28.5 Å². The van der Waals surface area contributed by atoms with Gasteiger partial charge >= 0.3 is 0 Å². The maximum absolute atomic E-state index is 11.9. The number of carbonyl (C=O) groups is 1. The summed E-state index contributed by atoms with van der Waals surface area (Å²) in [5.74, 6) is -2.25. The van der Waals surface area contributed by atoms with E-state index in [0.29, 0.717) is 0 Å². The van der Waals surface area contributed by atoms with E-state index in [1.165, 1.54) is 20.3 Å². The van der Waals surface area contributed by atoms with Crippen molar-refractivity contribution in [1.82, 2.24) is 0 Å². The van der Waals surface area contributed by atoms with E-state index in [0.717, 1.165) is 0 Å². The number of rotatable bonds is 3. The third-order valence-corrected chi connectivity index (χ3v) is 3.79. The Morgan fingerprint density at radius 2 is 1.88 bits per heavy atom. The second kappa shape index (κ2) is 4.53. The molecule has 16 heavy (non-hydrogen) atoms. The van der Waals surface area contributed by atoms with Crippen molar-refractivity contribution in [3.05, 3.63) is 28.5 Å². The lowest BCUT2D eigenvalue weighted by atomic mass is 9.99. The van der Waals surface area contributed by atoms with Crippen LogP contribution in [0.3, 0.4) is 0 Å². The van der Waals surface area contributed by atoms with Gasteiger partial charge in [0.05, 0.1) is 0 Å². The Hall–Kier alpha value is -0.280. The molecule has 0 aliphatic heterocycles. The normalized spacial score (nSPS) is 28.2. The fourth-order valence-corrected chi connectivity index (χ4v) is 2.75. The molecule has 0 radical (unpaired) electrons. The molecule has 0 saturated heterocycles. The molecule has 1 atom stereocenters. The first-order chi connectivity index (χ1) is 7.41. The van der Waals surface area contributed by atoms with Gasteiger partial charge in [-0.3, -0.25) is 4.79 Å². The highest BCUT2D eigenvalue weighted by Gasteiger charge is 2.64. The summed E-state index contributed by atoms with van der Waals surface area (Å²) in [6.07, 6.45) is 1.21. The van der Waals surface area contributed by atoms with Gasteiger partial charge in [0.15, 0.2) is 4.87 Å². The average Bonchev–Trinajstić information content (AvgIpc) is 2.41. The Morgan fingerprint density at radius 1 is 1.38 bits per heavy atom. The molecule has 1 rings (SSSR count). The minimum absolute atomic E-state index is 0.0920. The van der Waals surface area contributed by atoms with E-state index >= 15 is 0 Å². The molecule has 0 aromatic heterocycles. The Bertz CT molecular complexity index is 406. The van der Waals surface area contributed by atoms with Crippen molar-refractivity contribution in [3.8, 4) is 0 Å². The molecular formula is C10H9Cl3O3. The molecule has 0 N–H and O–H groups in total. The summed E-state index contributed by atoms with van der Waals surface area (Å²) in [4.78, 5) is 10.2. The van der Waals surface area contributed by atoms with Gasteiger partial charge in [-0.15, -0.1) is 5.73 Å². The molecule has 0 bridgehead atoms. The molecule has 88 valence electrons. The zero-order valence-corrected chi connectivity index (χ0v) is 10.9. The van der Waals surface area contributed by atoms with Crippen molar-refractivity contribution in [1.29, 1.82) is 0 Å². The molecule has 0 unspecified atom stereocenters. The first-order valence-electron chi connectivity index (χ1n) is 4.18. The fraction of sp³-hybridized carbons (Fsp3) is 0.400. The Kier molecular flexibility index (Phi) is 3.91. The van der Waals surface area contributed by atoms with Crippen LogP contribution >= 0.6 is 34.8 Å². The Morgan fingerprint density at radius 3 is 2.25 bits per heavy atom. The average molecular weight is 284 g/mol. The van der Waals surface area contributed by atoms with Crippen LogP contribution < -0.4 is 0 Å². The van der Waals surface area contributed by atoms with Crippen molar-refractivity contribution in [2.45, 2.75) is 10.7 Å². The van der Waals surface area contributed by atoms with Crippen molar-refractivity contribution in [2.24, 2.45) is 0 Å². The smallest absolute Gasteiger partial charge is 0.238 e. The van der Waals surface area contributed by atoms with Gasteiger partial charge in [0.1, 0.15) is 10.1 Å². The predicted octanol–water partition coefficient (Wildman–Crippen LogP) is 2.57. The van der Waals surface area contributed by atoms with Crippen LogP contribution in [0.1, 0.15) is 0 Å². The minimum Gasteiger partial charge on any atom is -0.347 e. The molecule has 6 heteroatoms. The highest BCUT2D eigenvalue weighted by atomic mass is 35.5. The third-order valence-electron chi connectivity index (χ3n) is 2.37. The maximum Gasteiger partial charge on any atom is 0.238 e. The summed E-state index contributed by atoms with van der Waals surface area (Å²) in [5, 5.41) is -0.308. The number of carbonyl (C=O) groups excluding carboxylic acids is 1. The monoisotopic (exact) mass is 282 g/mol. The number of halogens is 3. The van der Waals surface area contributed by atoms with Crippen LogP contribution in [-0.2, 0) is 14.3 Å². The van der Waals surface area contributed by atoms with Crippen molar-refractivity contribution >= 4 is 40.6 Å². The second-order valence-electron chi connectivity index (χ2n) is 3.04. The van der Waals surface area contributed by atoms with Gasteiger partial charge in [0, 0.05) is 14.2 Å². The van der Waals surface area contributed by atoms with E-state index in [2.05, 4.69) is 12.3 Å². The molecule has 0 amide bonds. The van der Waals surface area contributed by atoms with E-state index in [1.54, 1.807) is 0 Å². The SMILES string of the molecule is C=C=C[C@]1(Cl)C(=O)C(Cl)=C(Cl)C1(OC)OC. The molecular weight excluding hydrogens is 274 g/mol. The van der Waals surface area contributed by atoms with Crippen molar-refractivity contribution < 1.29 is 14.3 Å². The second-order valence-corrected chi connectivity index (χ2v) is 4.39. The van der Waals surface area contributed by atoms with Gasteiger partial charge in [-0.2, -0.15) is 0 Å². The van der Waals surface area contributed by atoms with Gasteiger partial charge in [0.2, 0.25) is 11.6 Å². The van der Waals surface area contributed by atoms with Gasteiger partial charge < -0.3 is 9.47 Å². The van der Waals surface area contributed by atoms with E-state index in [4.69, 9.17) is 44.3 Å². The van der Waals surface area contributed by atoms with Gasteiger partial charge in [-0.25, -0.2) is 0 Å². The number of allylic oxidation sites excluding steroid dienone is 1. The summed E-state index contributed by atoms with van der Waals surface area (Å²) >= 11 is 17.9. The number of ether oxygens (including phenoxy) is 2. The molecule has 0 saturated carbocycles. The van der Waals surface area contributed by atoms with E-state index in [-0.39, 0.29) is 10.1 Å². The van der Waals surface area contributed by atoms with Crippen LogP contribution in [0.4, 0.5) is 0 Å². The summed E-state index contributed by atoms with van der Waals surface area (Å²) in [6, 6.07) is 0. The quantitative estimate of drug-likeness (QED) is 0.454. The van der Waals surface area contributed by atoms with E-state index in [1.807, 2.05) is 0 Å². The van der Waals surface area contributed by atoms with Crippen LogP contribution in [0.2, 0.25) is 0 Å². The number of hydrogen-bond donors (Lipinski definition) is 0. The van der Waals surface area contributed by atoms with Gasteiger partial charge in [-0.05, 0) is 6.08 Å². The van der Waals surface area contributed by atoms with Crippen LogP contribution in [0, 0.1) is 0 Å². The lowest BCUT2D eigenvalue weighted by Gasteiger charge is -2.35. The summed E-state index contributed by atoms with van der Waals surface area (Å²) in [6.45, 7) is 3.36. The molecule has 0 aromatic rings. The molecule has 0 heterocycles. The van der Waals surface area contributed by atoms with Gasteiger partial charge in [0.25, 0.3) is 0 Å². The van der Waals surface area contributed by atoms with Crippen molar-refractivity contribution in [3.63, 3.8) is 0 Å². The first kappa shape index (κ1) is 13.8. The predicted molar refractivity (Wildman–Crippen MR) is 62.8 cm³/mol. The van der Waals surface area contributed by atoms with Gasteiger partial charge in [-0.1, -0.05) is 41.4 Å². The Balaban J connectivity index is 3.53. The van der Waals surface area contributed by atoms with E-state index in [9.17, 15) is 4.79 Å². The van der Waals surface area contributed by atoms with Crippen LogP contribution in [-0.4, -0.2) is 30.7 Å². The molecule has 1 aliphatic carbocycles. The first-order valence-corrected chi connectivity index (χ1v) is 5.31. The van der Waals surface area contributed by atoms with Crippen LogP contribution in [0.5, 0.6) is 0 Å². The lowest BCUT2D eigenvalue weighted by Crippen LogP contribution is -2.52. The highest BCUT2D eigenvalue weighted by molar-refractivity contribution is 6.58. The zero-order valence-electron chi connectivity index (χ0n) is 8.64. The number of hydrogen-bond acceptors (Lipinski definition) is 3. The number of ketones is 1. The fourth-order valence-electron chi connectivity index (χ4n) is 1.57. The topological polar surface area (TPSA) is 35.5 Å². The summed E-state index contributed by atoms with van der Waals surface area (Å²) < 4.78 is 10.2. The molecule has 3 nitrogen and oxygen atoms in total. The highest BCUT2D eigenvalue weighted by Crippen LogP contribution is 2.51. The molecule has 0 fully saturated rings. The third kappa shape index (κ3) is 1.48. The zero-order chi connectivity index (χ0) is 12.6. The molecule has 1 aliphatic rings. The Labute approximate surface area is 108 Å². The number of Topliss-reactive ketones (excluding diaryl/α,β-unsaturated/α-hetero) is 1. The lowest BCUT2D eigenvalue weighted by molar-refractivity contribution is -0.184. The molecule has 0 aromatic carbocycles. The number of methoxy groups -OCH3 is 2. The van der Waals surface area contributed by atoms with E-state index < -0.39 is 16.4 Å². The van der Waals surface area contributed by atoms with Crippen LogP contribution in [0.25, 0.3) is 0 Å². The number of alkyl halides is 1. The maximum atomic E-state index is 11.9.